The number of rotatable bonds is 19. The molecule has 1 atom stereocenters. The molecule has 0 amide bonds. The molecule has 40 heavy (non-hydrogen) atoms. The van der Waals surface area contributed by atoms with Crippen molar-refractivity contribution in [2.75, 3.05) is 28.7 Å². The van der Waals surface area contributed by atoms with E-state index in [1.807, 2.05) is 43.0 Å². The lowest BCUT2D eigenvalue weighted by atomic mass is 10.0. The Balaban J connectivity index is 1.75. The zero-order valence-electron chi connectivity index (χ0n) is 25.6. The fourth-order valence-corrected chi connectivity index (χ4v) is 5.76. The summed E-state index contributed by atoms with van der Waals surface area (Å²) < 4.78 is 0. The van der Waals surface area contributed by atoms with Gasteiger partial charge in [-0.05, 0) is 98.9 Å². The highest BCUT2D eigenvalue weighted by Gasteiger charge is 2.11. The van der Waals surface area contributed by atoms with Crippen LogP contribution in [0.15, 0.2) is 81.2 Å². The molecule has 1 heterocycles. The zero-order chi connectivity index (χ0) is 29.2. The Hall–Kier alpha value is -2.57. The predicted molar refractivity (Wildman–Crippen MR) is 184 cm³/mol. The zero-order valence-corrected chi connectivity index (χ0v) is 27.2. The number of nitrogens with one attached hydrogen (secondary N) is 2. The second-order valence-electron chi connectivity index (χ2n) is 10.7. The number of allylic oxidation sites excluding steroid dienone is 7. The van der Waals surface area contributed by atoms with Gasteiger partial charge in [0.1, 0.15) is 5.82 Å². The average Bonchev–Trinajstić information content (AvgIpc) is 3.33. The molecule has 0 bridgehead atoms. The Morgan fingerprint density at radius 3 is 2.17 bits per heavy atom. The van der Waals surface area contributed by atoms with E-state index in [4.69, 9.17) is 0 Å². The molecule has 0 saturated carbocycles. The number of hydrogen-bond acceptors (Lipinski definition) is 6. The molecule has 0 saturated heterocycles. The number of aromatic nitrogens is 1. The molecular weight excluding hydrogens is 529 g/mol. The first-order valence-electron chi connectivity index (χ1n) is 14.4. The van der Waals surface area contributed by atoms with Gasteiger partial charge >= 0.3 is 0 Å². The molecule has 2 N–H and O–H groups in total. The molecule has 2 aromatic rings. The van der Waals surface area contributed by atoms with E-state index in [0.29, 0.717) is 0 Å². The van der Waals surface area contributed by atoms with Gasteiger partial charge in [-0.3, -0.25) is 4.99 Å². The first-order chi connectivity index (χ1) is 19.3. The number of thioether (sulfide) groups is 1. The van der Waals surface area contributed by atoms with Gasteiger partial charge in [0.2, 0.25) is 0 Å². The van der Waals surface area contributed by atoms with Crippen molar-refractivity contribution in [2.45, 2.75) is 86.1 Å². The van der Waals surface area contributed by atoms with Crippen LogP contribution in [0.1, 0.15) is 78.2 Å². The second-order valence-corrected chi connectivity index (χ2v) is 12.9. The molecule has 4 nitrogen and oxygen atoms in total. The van der Waals surface area contributed by atoms with Gasteiger partial charge in [0.15, 0.2) is 0 Å². The lowest BCUT2D eigenvalue weighted by molar-refractivity contribution is 0.841. The summed E-state index contributed by atoms with van der Waals surface area (Å²) in [5.74, 6) is 2.95. The van der Waals surface area contributed by atoms with Crippen LogP contribution in [-0.2, 0) is 0 Å². The summed E-state index contributed by atoms with van der Waals surface area (Å²) in [6.07, 6.45) is 16.4. The van der Waals surface area contributed by atoms with Gasteiger partial charge in [-0.25, -0.2) is 4.98 Å². The molecule has 1 aromatic heterocycles. The summed E-state index contributed by atoms with van der Waals surface area (Å²) in [5, 5.41) is 10.3. The summed E-state index contributed by atoms with van der Waals surface area (Å²) in [5.41, 5.74) is 7.78. The van der Waals surface area contributed by atoms with Crippen molar-refractivity contribution in [3.8, 4) is 0 Å². The number of hydrogen-bond donors (Lipinski definition) is 2. The standard InChI is InChI=1S/C34H50N4S2/c1-26(2)13-10-14-27(3)15-11-16-28(4)17-12-18-29(5)21-22-39-24-31(38-34-25-40-30(6)37-34)23-36-33-20-9-8-19-32(33)35-7/h8-9,13,15,17,19-21,25,31,36,38H,7,10-12,14,16,18,22-24H2,1-6H3/b27-15+,28-17+,29-21+. The van der Waals surface area contributed by atoms with Gasteiger partial charge in [0, 0.05) is 23.4 Å². The number of nitrogens with zero attached hydrogens (tertiary/aromatic N) is 2. The molecule has 0 aliphatic heterocycles. The Kier molecular flexibility index (Phi) is 16.4. The lowest BCUT2D eigenvalue weighted by Gasteiger charge is -2.20. The highest BCUT2D eigenvalue weighted by molar-refractivity contribution is 7.99. The quantitative estimate of drug-likeness (QED) is 0.0989. The first kappa shape index (κ1) is 33.6. The Morgan fingerprint density at radius 2 is 1.57 bits per heavy atom. The van der Waals surface area contributed by atoms with E-state index < -0.39 is 0 Å². The summed E-state index contributed by atoms with van der Waals surface area (Å²) in [4.78, 5) is 8.74. The SMILES string of the molecule is C=Nc1ccccc1NCC(CSC/C=C(\C)CC/C=C(\C)CC/C=C(\C)CCC=C(C)C)Nc1csc(C)n1. The summed E-state index contributed by atoms with van der Waals surface area (Å²) in [7, 11) is 0. The molecule has 0 fully saturated rings. The molecule has 1 aromatic carbocycles. The maximum atomic E-state index is 4.61. The molecule has 2 rings (SSSR count). The van der Waals surface area contributed by atoms with Gasteiger partial charge in [0.25, 0.3) is 0 Å². The van der Waals surface area contributed by atoms with Crippen molar-refractivity contribution >= 4 is 47.0 Å². The van der Waals surface area contributed by atoms with Gasteiger partial charge in [-0.15, -0.1) is 11.3 Å². The third kappa shape index (κ3) is 14.7. The van der Waals surface area contributed by atoms with Crippen LogP contribution >= 0.6 is 23.1 Å². The topological polar surface area (TPSA) is 49.3 Å². The van der Waals surface area contributed by atoms with Crippen LogP contribution in [0, 0.1) is 6.92 Å². The van der Waals surface area contributed by atoms with Crippen LogP contribution in [0.25, 0.3) is 0 Å². The van der Waals surface area contributed by atoms with Crippen molar-refractivity contribution < 1.29 is 0 Å². The Bertz CT molecular complexity index is 1150. The van der Waals surface area contributed by atoms with Crippen LogP contribution in [0.5, 0.6) is 0 Å². The Morgan fingerprint density at radius 1 is 0.950 bits per heavy atom. The van der Waals surface area contributed by atoms with Crippen LogP contribution in [0.2, 0.25) is 0 Å². The van der Waals surface area contributed by atoms with Gasteiger partial charge in [-0.1, -0.05) is 58.7 Å². The summed E-state index contributed by atoms with van der Waals surface area (Å²) >= 11 is 3.63. The maximum Gasteiger partial charge on any atom is 0.137 e. The monoisotopic (exact) mass is 578 g/mol. The normalized spacial score (nSPS) is 13.2. The van der Waals surface area contributed by atoms with Crippen molar-refractivity contribution in [2.24, 2.45) is 4.99 Å². The van der Waals surface area contributed by atoms with Crippen LogP contribution < -0.4 is 10.6 Å². The van der Waals surface area contributed by atoms with Gasteiger partial charge < -0.3 is 10.6 Å². The maximum absolute atomic E-state index is 4.61. The molecule has 6 heteroatoms. The Labute approximate surface area is 252 Å². The molecule has 218 valence electrons. The number of thiazole rings is 1. The van der Waals surface area contributed by atoms with E-state index in [2.05, 4.69) is 91.6 Å². The number of para-hydroxylation sites is 2. The van der Waals surface area contributed by atoms with Crippen LogP contribution in [0.3, 0.4) is 0 Å². The van der Waals surface area contributed by atoms with Crippen LogP contribution in [0.4, 0.5) is 17.2 Å². The largest absolute Gasteiger partial charge is 0.381 e. The molecule has 0 aliphatic rings. The third-order valence-corrected chi connectivity index (χ3v) is 8.42. The fraction of sp³-hybridized carbons (Fsp3) is 0.471. The van der Waals surface area contributed by atoms with Crippen molar-refractivity contribution in [1.29, 1.82) is 0 Å². The second kappa shape index (κ2) is 19.5. The van der Waals surface area contributed by atoms with Crippen molar-refractivity contribution in [3.05, 3.63) is 81.2 Å². The third-order valence-electron chi connectivity index (χ3n) is 6.61. The smallest absolute Gasteiger partial charge is 0.137 e. The van der Waals surface area contributed by atoms with Gasteiger partial charge in [0.05, 0.1) is 22.4 Å². The number of anilines is 2. The minimum Gasteiger partial charge on any atom is -0.381 e. The lowest BCUT2D eigenvalue weighted by Crippen LogP contribution is -2.31. The minimum atomic E-state index is 0.244. The fourth-order valence-electron chi connectivity index (χ4n) is 4.18. The number of aliphatic imine (C=N–C) groups is 1. The van der Waals surface area contributed by atoms with Crippen LogP contribution in [-0.4, -0.2) is 35.8 Å². The van der Waals surface area contributed by atoms with E-state index in [-0.39, 0.29) is 6.04 Å². The van der Waals surface area contributed by atoms with E-state index in [0.717, 1.165) is 72.4 Å². The molecule has 0 spiro atoms. The molecule has 0 radical (unpaired) electrons. The number of benzene rings is 1. The van der Waals surface area contributed by atoms with Gasteiger partial charge in [-0.2, -0.15) is 11.8 Å². The van der Waals surface area contributed by atoms with E-state index in [1.165, 1.54) is 28.7 Å². The highest BCUT2D eigenvalue weighted by atomic mass is 32.2. The highest BCUT2D eigenvalue weighted by Crippen LogP contribution is 2.24. The molecular formula is C34H50N4S2. The number of aryl methyl sites for hydroxylation is 1. The summed E-state index contributed by atoms with van der Waals surface area (Å²) in [6.45, 7) is 17.7. The first-order valence-corrected chi connectivity index (χ1v) is 16.5. The van der Waals surface area contributed by atoms with Crippen molar-refractivity contribution in [1.82, 2.24) is 4.98 Å². The summed E-state index contributed by atoms with van der Waals surface area (Å²) in [6, 6.07) is 8.28. The van der Waals surface area contributed by atoms with Crippen molar-refractivity contribution in [3.63, 3.8) is 0 Å². The van der Waals surface area contributed by atoms with E-state index in [1.54, 1.807) is 11.3 Å². The van der Waals surface area contributed by atoms with E-state index >= 15 is 0 Å². The molecule has 1 unspecified atom stereocenters. The predicted octanol–water partition coefficient (Wildman–Crippen LogP) is 10.6. The average molecular weight is 579 g/mol. The minimum absolute atomic E-state index is 0.244. The van der Waals surface area contributed by atoms with E-state index in [9.17, 15) is 0 Å². The molecule has 0 aliphatic carbocycles.